The molecule has 1 rings (SSSR count). The van der Waals surface area contributed by atoms with Crippen molar-refractivity contribution in [2.45, 2.75) is 26.3 Å². The SMILES string of the molecule is CNC(=O)CCCn1ccc(C)cc1=O. The Kier molecular flexibility index (Phi) is 4.09. The van der Waals surface area contributed by atoms with Gasteiger partial charge in [-0.1, -0.05) is 0 Å². The number of pyridine rings is 1. The molecule has 82 valence electrons. The summed E-state index contributed by atoms with van der Waals surface area (Å²) in [4.78, 5) is 22.4. The number of rotatable bonds is 4. The highest BCUT2D eigenvalue weighted by Crippen LogP contribution is 1.95. The minimum Gasteiger partial charge on any atom is -0.359 e. The topological polar surface area (TPSA) is 51.1 Å². The van der Waals surface area contributed by atoms with Gasteiger partial charge in [0.15, 0.2) is 0 Å². The van der Waals surface area contributed by atoms with Crippen LogP contribution in [-0.2, 0) is 11.3 Å². The molecule has 15 heavy (non-hydrogen) atoms. The fraction of sp³-hybridized carbons (Fsp3) is 0.455. The maximum atomic E-state index is 11.4. The van der Waals surface area contributed by atoms with E-state index in [0.29, 0.717) is 19.4 Å². The van der Waals surface area contributed by atoms with Crippen molar-refractivity contribution in [2.24, 2.45) is 0 Å². The molecule has 0 bridgehead atoms. The van der Waals surface area contributed by atoms with E-state index in [2.05, 4.69) is 5.32 Å². The Hall–Kier alpha value is -1.58. The quantitative estimate of drug-likeness (QED) is 0.791. The maximum absolute atomic E-state index is 11.4. The molecule has 0 atom stereocenters. The van der Waals surface area contributed by atoms with Gasteiger partial charge < -0.3 is 9.88 Å². The highest BCUT2D eigenvalue weighted by molar-refractivity contribution is 5.75. The normalized spacial score (nSPS) is 10.0. The van der Waals surface area contributed by atoms with E-state index in [-0.39, 0.29) is 11.5 Å². The van der Waals surface area contributed by atoms with Crippen LogP contribution in [0.4, 0.5) is 0 Å². The lowest BCUT2D eigenvalue weighted by molar-refractivity contribution is -0.120. The smallest absolute Gasteiger partial charge is 0.250 e. The van der Waals surface area contributed by atoms with Crippen molar-refractivity contribution in [3.63, 3.8) is 0 Å². The van der Waals surface area contributed by atoms with Crippen molar-refractivity contribution in [1.82, 2.24) is 9.88 Å². The Morgan fingerprint density at radius 3 is 2.87 bits per heavy atom. The predicted octanol–water partition coefficient (Wildman–Crippen LogP) is 0.683. The molecule has 0 aliphatic carbocycles. The summed E-state index contributed by atoms with van der Waals surface area (Å²) in [5, 5.41) is 2.55. The third-order valence-electron chi connectivity index (χ3n) is 2.23. The summed E-state index contributed by atoms with van der Waals surface area (Å²) in [5.41, 5.74) is 0.953. The summed E-state index contributed by atoms with van der Waals surface area (Å²) in [7, 11) is 1.61. The van der Waals surface area contributed by atoms with Gasteiger partial charge in [-0.2, -0.15) is 0 Å². The fourth-order valence-electron chi connectivity index (χ4n) is 1.33. The molecule has 0 spiro atoms. The molecule has 1 aromatic heterocycles. The number of amides is 1. The standard InChI is InChI=1S/C11H16N2O2/c1-9-5-7-13(11(15)8-9)6-3-4-10(14)12-2/h5,7-8H,3-4,6H2,1-2H3,(H,12,14). The highest BCUT2D eigenvalue weighted by atomic mass is 16.1. The molecule has 0 unspecified atom stereocenters. The van der Waals surface area contributed by atoms with E-state index in [0.717, 1.165) is 5.56 Å². The van der Waals surface area contributed by atoms with E-state index in [1.807, 2.05) is 13.0 Å². The number of nitrogens with one attached hydrogen (secondary N) is 1. The van der Waals surface area contributed by atoms with Gasteiger partial charge in [-0.05, 0) is 25.0 Å². The minimum absolute atomic E-state index is 0.00749. The summed E-state index contributed by atoms with van der Waals surface area (Å²) in [5.74, 6) is 0.00941. The van der Waals surface area contributed by atoms with Gasteiger partial charge >= 0.3 is 0 Å². The van der Waals surface area contributed by atoms with Crippen LogP contribution >= 0.6 is 0 Å². The van der Waals surface area contributed by atoms with Crippen LogP contribution in [0.5, 0.6) is 0 Å². The third-order valence-corrected chi connectivity index (χ3v) is 2.23. The van der Waals surface area contributed by atoms with E-state index in [9.17, 15) is 9.59 Å². The Morgan fingerprint density at radius 1 is 1.53 bits per heavy atom. The first kappa shape index (κ1) is 11.5. The number of nitrogens with zero attached hydrogens (tertiary/aromatic N) is 1. The summed E-state index contributed by atoms with van der Waals surface area (Å²) in [6.45, 7) is 2.48. The largest absolute Gasteiger partial charge is 0.359 e. The number of aromatic nitrogens is 1. The first-order valence-corrected chi connectivity index (χ1v) is 5.01. The zero-order valence-corrected chi connectivity index (χ0v) is 9.12. The molecule has 0 aliphatic heterocycles. The van der Waals surface area contributed by atoms with Crippen LogP contribution in [0.3, 0.4) is 0 Å². The van der Waals surface area contributed by atoms with Gasteiger partial charge in [-0.3, -0.25) is 9.59 Å². The van der Waals surface area contributed by atoms with Gasteiger partial charge in [0, 0.05) is 32.3 Å². The Balaban J connectivity index is 2.51. The molecular formula is C11H16N2O2. The third kappa shape index (κ3) is 3.58. The van der Waals surface area contributed by atoms with Crippen molar-refractivity contribution >= 4 is 5.91 Å². The lowest BCUT2D eigenvalue weighted by Gasteiger charge is -2.05. The first-order chi connectivity index (χ1) is 7.13. The summed E-state index contributed by atoms with van der Waals surface area (Å²) in [6.07, 6.45) is 2.90. The fourth-order valence-corrected chi connectivity index (χ4v) is 1.33. The van der Waals surface area contributed by atoms with Crippen LogP contribution in [0, 0.1) is 6.92 Å². The Labute approximate surface area is 88.9 Å². The lowest BCUT2D eigenvalue weighted by atomic mass is 10.2. The second-order valence-corrected chi connectivity index (χ2v) is 3.51. The molecule has 1 heterocycles. The van der Waals surface area contributed by atoms with Crippen LogP contribution in [0.15, 0.2) is 23.1 Å². The molecule has 4 nitrogen and oxygen atoms in total. The number of carbonyl (C=O) groups is 1. The monoisotopic (exact) mass is 208 g/mol. The number of hydrogen-bond donors (Lipinski definition) is 1. The molecule has 0 fully saturated rings. The van der Waals surface area contributed by atoms with Crippen molar-refractivity contribution in [3.8, 4) is 0 Å². The van der Waals surface area contributed by atoms with E-state index in [1.165, 1.54) is 0 Å². The summed E-state index contributed by atoms with van der Waals surface area (Å²) >= 11 is 0. The van der Waals surface area contributed by atoms with E-state index < -0.39 is 0 Å². The van der Waals surface area contributed by atoms with Crippen LogP contribution in [0.1, 0.15) is 18.4 Å². The number of hydrogen-bond acceptors (Lipinski definition) is 2. The predicted molar refractivity (Wildman–Crippen MR) is 58.7 cm³/mol. The van der Waals surface area contributed by atoms with E-state index >= 15 is 0 Å². The Morgan fingerprint density at radius 2 is 2.27 bits per heavy atom. The van der Waals surface area contributed by atoms with Crippen LogP contribution in [0.25, 0.3) is 0 Å². The molecule has 1 amide bonds. The summed E-state index contributed by atoms with van der Waals surface area (Å²) < 4.78 is 1.62. The zero-order chi connectivity index (χ0) is 11.3. The first-order valence-electron chi connectivity index (χ1n) is 5.01. The highest BCUT2D eigenvalue weighted by Gasteiger charge is 1.99. The van der Waals surface area contributed by atoms with Crippen LogP contribution in [0.2, 0.25) is 0 Å². The molecule has 4 heteroatoms. The van der Waals surface area contributed by atoms with Crippen molar-refractivity contribution in [1.29, 1.82) is 0 Å². The van der Waals surface area contributed by atoms with Crippen molar-refractivity contribution in [2.75, 3.05) is 7.05 Å². The second-order valence-electron chi connectivity index (χ2n) is 3.51. The molecule has 1 N–H and O–H groups in total. The van der Waals surface area contributed by atoms with Crippen LogP contribution in [-0.4, -0.2) is 17.5 Å². The van der Waals surface area contributed by atoms with Crippen molar-refractivity contribution < 1.29 is 4.79 Å². The average Bonchev–Trinajstić information content (AvgIpc) is 2.21. The molecule has 1 aromatic rings. The average molecular weight is 208 g/mol. The number of aryl methyl sites for hydroxylation is 2. The second kappa shape index (κ2) is 5.34. The Bertz CT molecular complexity index is 396. The number of carbonyl (C=O) groups excluding carboxylic acids is 1. The molecule has 0 aromatic carbocycles. The molecule has 0 radical (unpaired) electrons. The van der Waals surface area contributed by atoms with Gasteiger partial charge in [-0.15, -0.1) is 0 Å². The van der Waals surface area contributed by atoms with E-state index in [1.54, 1.807) is 23.9 Å². The maximum Gasteiger partial charge on any atom is 0.250 e. The van der Waals surface area contributed by atoms with Crippen LogP contribution < -0.4 is 10.9 Å². The summed E-state index contributed by atoms with van der Waals surface area (Å²) in [6, 6.07) is 3.49. The lowest BCUT2D eigenvalue weighted by Crippen LogP contribution is -2.21. The van der Waals surface area contributed by atoms with E-state index in [4.69, 9.17) is 0 Å². The van der Waals surface area contributed by atoms with Gasteiger partial charge in [0.25, 0.3) is 5.56 Å². The molecule has 0 saturated carbocycles. The minimum atomic E-state index is -0.00749. The van der Waals surface area contributed by atoms with Gasteiger partial charge in [0.05, 0.1) is 0 Å². The van der Waals surface area contributed by atoms with Gasteiger partial charge in [0.1, 0.15) is 0 Å². The van der Waals surface area contributed by atoms with Crippen molar-refractivity contribution in [3.05, 3.63) is 34.2 Å². The molecule has 0 aliphatic rings. The molecule has 0 saturated heterocycles. The molecular weight excluding hydrogens is 192 g/mol. The van der Waals surface area contributed by atoms with Gasteiger partial charge in [0.2, 0.25) is 5.91 Å². The zero-order valence-electron chi connectivity index (χ0n) is 9.12. The van der Waals surface area contributed by atoms with Gasteiger partial charge in [-0.25, -0.2) is 0 Å².